The SMILES string of the molecule is CCNC(=NCc1ccc(Cl)nc1)NCc1cc2c(cc1OC(F)F)OCO2. The van der Waals surface area contributed by atoms with E-state index >= 15 is 0 Å². The zero-order valence-corrected chi connectivity index (χ0v) is 15.8. The van der Waals surface area contributed by atoms with Gasteiger partial charge in [0.25, 0.3) is 0 Å². The Kier molecular flexibility index (Phi) is 6.70. The number of guanidine groups is 1. The number of hydrogen-bond acceptors (Lipinski definition) is 5. The van der Waals surface area contributed by atoms with Gasteiger partial charge in [0.2, 0.25) is 6.79 Å². The van der Waals surface area contributed by atoms with E-state index in [0.717, 1.165) is 5.56 Å². The van der Waals surface area contributed by atoms with E-state index in [1.165, 1.54) is 6.07 Å². The summed E-state index contributed by atoms with van der Waals surface area (Å²) in [7, 11) is 0. The van der Waals surface area contributed by atoms with E-state index in [9.17, 15) is 8.78 Å². The highest BCUT2D eigenvalue weighted by Gasteiger charge is 2.20. The minimum atomic E-state index is -2.95. The van der Waals surface area contributed by atoms with Crippen LogP contribution < -0.4 is 24.8 Å². The van der Waals surface area contributed by atoms with Crippen molar-refractivity contribution in [2.75, 3.05) is 13.3 Å². The molecule has 2 N–H and O–H groups in total. The number of aliphatic imine (C=N–C) groups is 1. The molecule has 28 heavy (non-hydrogen) atoms. The molecule has 0 aliphatic carbocycles. The number of benzene rings is 1. The Bertz CT molecular complexity index is 834. The van der Waals surface area contributed by atoms with Crippen LogP contribution in [0.15, 0.2) is 35.5 Å². The third kappa shape index (κ3) is 5.35. The molecule has 2 heterocycles. The molecule has 0 unspecified atom stereocenters. The van der Waals surface area contributed by atoms with Crippen LogP contribution in [0.4, 0.5) is 8.78 Å². The van der Waals surface area contributed by atoms with E-state index in [0.29, 0.717) is 41.3 Å². The number of fused-ring (bicyclic) bond motifs is 1. The number of ether oxygens (including phenoxy) is 3. The quantitative estimate of drug-likeness (QED) is 0.413. The smallest absolute Gasteiger partial charge is 0.387 e. The molecule has 150 valence electrons. The maximum atomic E-state index is 12.7. The van der Waals surface area contributed by atoms with Gasteiger partial charge in [-0.25, -0.2) is 9.98 Å². The second-order valence-electron chi connectivity index (χ2n) is 5.73. The minimum absolute atomic E-state index is 0.0181. The van der Waals surface area contributed by atoms with Gasteiger partial charge in [0.15, 0.2) is 17.5 Å². The average molecular weight is 413 g/mol. The summed E-state index contributed by atoms with van der Waals surface area (Å²) in [4.78, 5) is 8.47. The van der Waals surface area contributed by atoms with E-state index in [4.69, 9.17) is 21.1 Å². The molecule has 0 bridgehead atoms. The van der Waals surface area contributed by atoms with Gasteiger partial charge in [-0.2, -0.15) is 8.78 Å². The number of nitrogens with one attached hydrogen (secondary N) is 2. The molecule has 0 fully saturated rings. The highest BCUT2D eigenvalue weighted by atomic mass is 35.5. The zero-order chi connectivity index (χ0) is 19.9. The summed E-state index contributed by atoms with van der Waals surface area (Å²) >= 11 is 5.78. The highest BCUT2D eigenvalue weighted by molar-refractivity contribution is 6.29. The van der Waals surface area contributed by atoms with Gasteiger partial charge in [-0.1, -0.05) is 17.7 Å². The van der Waals surface area contributed by atoms with Gasteiger partial charge >= 0.3 is 6.61 Å². The van der Waals surface area contributed by atoms with Crippen LogP contribution in [-0.4, -0.2) is 30.9 Å². The summed E-state index contributed by atoms with van der Waals surface area (Å²) in [6.45, 7) is 0.224. The van der Waals surface area contributed by atoms with Crippen molar-refractivity contribution in [1.29, 1.82) is 0 Å². The molecule has 1 aliphatic heterocycles. The number of pyridine rings is 1. The fraction of sp³-hybridized carbons (Fsp3) is 0.333. The molecule has 10 heteroatoms. The third-order valence-electron chi connectivity index (χ3n) is 3.77. The van der Waals surface area contributed by atoms with Crippen LogP contribution in [0.1, 0.15) is 18.1 Å². The normalized spacial score (nSPS) is 13.0. The molecule has 0 spiro atoms. The Hall–Kier alpha value is -2.81. The molecular formula is C18H19ClF2N4O3. The molecule has 0 atom stereocenters. The molecule has 3 rings (SSSR count). The van der Waals surface area contributed by atoms with Crippen molar-refractivity contribution in [3.05, 3.63) is 46.7 Å². The first-order valence-electron chi connectivity index (χ1n) is 8.55. The molecule has 0 amide bonds. The maximum absolute atomic E-state index is 12.7. The van der Waals surface area contributed by atoms with Crippen LogP contribution in [0.5, 0.6) is 17.2 Å². The van der Waals surface area contributed by atoms with Crippen LogP contribution in [0.3, 0.4) is 0 Å². The molecule has 1 aromatic carbocycles. The predicted molar refractivity (Wildman–Crippen MR) is 100 cm³/mol. The van der Waals surface area contributed by atoms with Crippen molar-refractivity contribution in [2.24, 2.45) is 4.99 Å². The van der Waals surface area contributed by atoms with Crippen LogP contribution in [0.2, 0.25) is 5.15 Å². The van der Waals surface area contributed by atoms with E-state index in [1.807, 2.05) is 13.0 Å². The first kappa shape index (κ1) is 19.9. The lowest BCUT2D eigenvalue weighted by Crippen LogP contribution is -2.36. The summed E-state index contributed by atoms with van der Waals surface area (Å²) < 4.78 is 40.6. The Morgan fingerprint density at radius 1 is 1.29 bits per heavy atom. The number of rotatable bonds is 7. The highest BCUT2D eigenvalue weighted by Crippen LogP contribution is 2.38. The molecule has 1 aliphatic rings. The monoisotopic (exact) mass is 412 g/mol. The first-order valence-corrected chi connectivity index (χ1v) is 8.93. The molecule has 1 aromatic heterocycles. The first-order chi connectivity index (χ1) is 13.5. The molecule has 7 nitrogen and oxygen atoms in total. The Labute approximate surface area is 165 Å². The van der Waals surface area contributed by atoms with Crippen LogP contribution in [0, 0.1) is 0 Å². The third-order valence-corrected chi connectivity index (χ3v) is 3.99. The van der Waals surface area contributed by atoms with Crippen molar-refractivity contribution in [2.45, 2.75) is 26.6 Å². The van der Waals surface area contributed by atoms with Gasteiger partial charge in [0, 0.05) is 30.9 Å². The second-order valence-corrected chi connectivity index (χ2v) is 6.12. The summed E-state index contributed by atoms with van der Waals surface area (Å²) in [6, 6.07) is 6.52. The maximum Gasteiger partial charge on any atom is 0.387 e. The Balaban J connectivity index is 1.72. The van der Waals surface area contributed by atoms with E-state index in [2.05, 4.69) is 25.3 Å². The molecule has 2 aromatic rings. The van der Waals surface area contributed by atoms with E-state index < -0.39 is 6.61 Å². The number of nitrogens with zero attached hydrogens (tertiary/aromatic N) is 2. The fourth-order valence-corrected chi connectivity index (χ4v) is 2.61. The van der Waals surface area contributed by atoms with Crippen LogP contribution in [-0.2, 0) is 13.1 Å². The number of aromatic nitrogens is 1. The van der Waals surface area contributed by atoms with Crippen molar-refractivity contribution < 1.29 is 23.0 Å². The molecule has 0 saturated heterocycles. The lowest BCUT2D eigenvalue weighted by molar-refractivity contribution is -0.0505. The standard InChI is InChI=1S/C18H19ClF2N4O3/c1-2-22-18(24-8-11-3-4-16(19)23-7-11)25-9-12-5-14-15(27-10-26-14)6-13(12)28-17(20)21/h3-7,17H,2,8-10H2,1H3,(H2,22,24,25). The summed E-state index contributed by atoms with van der Waals surface area (Å²) in [5, 5.41) is 6.60. The van der Waals surface area contributed by atoms with Crippen molar-refractivity contribution in [1.82, 2.24) is 15.6 Å². The number of alkyl halides is 2. The van der Waals surface area contributed by atoms with Gasteiger partial charge in [-0.05, 0) is 24.6 Å². The predicted octanol–water partition coefficient (Wildman–Crippen LogP) is 3.32. The van der Waals surface area contributed by atoms with Crippen molar-refractivity contribution in [3.63, 3.8) is 0 Å². The van der Waals surface area contributed by atoms with Gasteiger partial charge < -0.3 is 24.8 Å². The summed E-state index contributed by atoms with van der Waals surface area (Å²) in [6.07, 6.45) is 1.64. The topological polar surface area (TPSA) is 77.0 Å². The van der Waals surface area contributed by atoms with Gasteiger partial charge in [-0.3, -0.25) is 0 Å². The van der Waals surface area contributed by atoms with Crippen molar-refractivity contribution >= 4 is 17.6 Å². The number of halogens is 3. The van der Waals surface area contributed by atoms with Crippen LogP contribution in [0.25, 0.3) is 0 Å². The van der Waals surface area contributed by atoms with Gasteiger partial charge in [0.05, 0.1) is 6.54 Å². The summed E-state index contributed by atoms with van der Waals surface area (Å²) in [5.41, 5.74) is 1.37. The van der Waals surface area contributed by atoms with E-state index in [1.54, 1.807) is 18.3 Å². The Morgan fingerprint density at radius 2 is 2.07 bits per heavy atom. The average Bonchev–Trinajstić information content (AvgIpc) is 3.12. The number of hydrogen-bond donors (Lipinski definition) is 2. The largest absolute Gasteiger partial charge is 0.454 e. The lowest BCUT2D eigenvalue weighted by Gasteiger charge is -2.15. The minimum Gasteiger partial charge on any atom is -0.454 e. The summed E-state index contributed by atoms with van der Waals surface area (Å²) in [5.74, 6) is 1.38. The Morgan fingerprint density at radius 3 is 2.75 bits per heavy atom. The van der Waals surface area contributed by atoms with Gasteiger partial charge in [-0.15, -0.1) is 0 Å². The second kappa shape index (κ2) is 9.41. The van der Waals surface area contributed by atoms with Crippen LogP contribution >= 0.6 is 11.6 Å². The lowest BCUT2D eigenvalue weighted by atomic mass is 10.1. The molecular weight excluding hydrogens is 394 g/mol. The fourth-order valence-electron chi connectivity index (χ4n) is 2.50. The molecule has 0 saturated carbocycles. The van der Waals surface area contributed by atoms with E-state index in [-0.39, 0.29) is 19.1 Å². The zero-order valence-electron chi connectivity index (χ0n) is 15.0. The van der Waals surface area contributed by atoms with Crippen molar-refractivity contribution in [3.8, 4) is 17.2 Å². The van der Waals surface area contributed by atoms with Gasteiger partial charge in [0.1, 0.15) is 10.9 Å². The molecule has 0 radical (unpaired) electrons.